The van der Waals surface area contributed by atoms with Gasteiger partial charge in [0, 0.05) is 23.7 Å². The molecule has 1 amide bonds. The molecule has 0 heterocycles. The molecule has 3 atom stereocenters. The van der Waals surface area contributed by atoms with Crippen LogP contribution in [-0.2, 0) is 4.79 Å². The van der Waals surface area contributed by atoms with Crippen molar-refractivity contribution in [1.29, 1.82) is 0 Å². The molecule has 1 N–H and O–H groups in total. The molecule has 1 aromatic carbocycles. The lowest BCUT2D eigenvalue weighted by molar-refractivity contribution is -0.384. The van der Waals surface area contributed by atoms with E-state index < -0.39 is 4.92 Å². The van der Waals surface area contributed by atoms with Gasteiger partial charge in [0.25, 0.3) is 5.69 Å². The zero-order valence-electron chi connectivity index (χ0n) is 11.7. The number of nitrogens with one attached hydrogen (secondary N) is 1. The highest BCUT2D eigenvalue weighted by Gasteiger charge is 2.53. The van der Waals surface area contributed by atoms with Crippen molar-refractivity contribution in [3.8, 4) is 0 Å². The van der Waals surface area contributed by atoms with Gasteiger partial charge >= 0.3 is 0 Å². The molecule has 3 rings (SSSR count). The molecule has 1 aromatic rings. The van der Waals surface area contributed by atoms with E-state index in [-0.39, 0.29) is 17.5 Å². The van der Waals surface area contributed by atoms with Crippen LogP contribution in [-0.4, -0.2) is 10.8 Å². The Kier molecular flexibility index (Phi) is 3.73. The van der Waals surface area contributed by atoms with Crippen LogP contribution in [0.4, 0.5) is 11.4 Å². The Labute approximate surface area is 123 Å². The van der Waals surface area contributed by atoms with Crippen LogP contribution in [0.2, 0.25) is 0 Å². The van der Waals surface area contributed by atoms with Crippen molar-refractivity contribution in [2.24, 2.45) is 17.8 Å². The van der Waals surface area contributed by atoms with Crippen molar-refractivity contribution >= 4 is 17.3 Å². The highest BCUT2D eigenvalue weighted by Crippen LogP contribution is 2.53. The van der Waals surface area contributed by atoms with Crippen molar-refractivity contribution in [3.05, 3.63) is 46.5 Å². The van der Waals surface area contributed by atoms with Gasteiger partial charge < -0.3 is 5.32 Å². The summed E-state index contributed by atoms with van der Waals surface area (Å²) >= 11 is 0. The summed E-state index contributed by atoms with van der Waals surface area (Å²) in [6.07, 6.45) is 8.70. The quantitative estimate of drug-likeness (QED) is 0.525. The third-order valence-electron chi connectivity index (χ3n) is 4.48. The van der Waals surface area contributed by atoms with Gasteiger partial charge in [-0.25, -0.2) is 0 Å². The monoisotopic (exact) mass is 286 g/mol. The van der Waals surface area contributed by atoms with Crippen LogP contribution in [0.25, 0.3) is 0 Å². The number of carbonyl (C=O) groups is 1. The van der Waals surface area contributed by atoms with Crippen LogP contribution in [0.15, 0.2) is 36.4 Å². The second-order valence-electron chi connectivity index (χ2n) is 5.77. The minimum absolute atomic E-state index is 0.0344. The van der Waals surface area contributed by atoms with Crippen molar-refractivity contribution in [2.75, 3.05) is 5.32 Å². The first-order chi connectivity index (χ1) is 10.2. The number of nitrogens with zero attached hydrogens (tertiary/aromatic N) is 1. The molecule has 21 heavy (non-hydrogen) atoms. The Morgan fingerprint density at radius 1 is 1.10 bits per heavy atom. The number of rotatable bonds is 3. The van der Waals surface area contributed by atoms with Crippen molar-refractivity contribution in [3.63, 3.8) is 0 Å². The van der Waals surface area contributed by atoms with E-state index in [1.807, 2.05) is 0 Å². The number of carbonyl (C=O) groups excluding carboxylic acids is 1. The fourth-order valence-electron chi connectivity index (χ4n) is 3.33. The summed E-state index contributed by atoms with van der Waals surface area (Å²) < 4.78 is 0. The number of allylic oxidation sites excluding steroid dienone is 2. The average Bonchev–Trinajstić information content (AvgIpc) is 3.10. The minimum Gasteiger partial charge on any atom is -0.326 e. The van der Waals surface area contributed by atoms with E-state index in [0.717, 1.165) is 25.7 Å². The number of nitro groups is 1. The van der Waals surface area contributed by atoms with Gasteiger partial charge in [-0.2, -0.15) is 0 Å². The lowest BCUT2D eigenvalue weighted by Gasteiger charge is -2.04. The number of hydrogen-bond donors (Lipinski definition) is 1. The van der Waals surface area contributed by atoms with Gasteiger partial charge in [-0.15, -0.1) is 0 Å². The number of fused-ring (bicyclic) bond motifs is 1. The van der Waals surface area contributed by atoms with Gasteiger partial charge in [0.2, 0.25) is 5.91 Å². The number of benzene rings is 1. The molecular formula is C16H18N2O3. The van der Waals surface area contributed by atoms with E-state index in [9.17, 15) is 14.9 Å². The fraction of sp³-hybridized carbons (Fsp3) is 0.438. The molecule has 0 aromatic heterocycles. The largest absolute Gasteiger partial charge is 0.326 e. The molecule has 1 fully saturated rings. The summed E-state index contributed by atoms with van der Waals surface area (Å²) in [4.78, 5) is 22.5. The molecule has 110 valence electrons. The maximum atomic E-state index is 12.3. The first-order valence-electron chi connectivity index (χ1n) is 7.37. The summed E-state index contributed by atoms with van der Waals surface area (Å²) in [5.74, 6) is 1.18. The fourth-order valence-corrected chi connectivity index (χ4v) is 3.33. The first-order valence-corrected chi connectivity index (χ1v) is 7.37. The van der Waals surface area contributed by atoms with Gasteiger partial charge in [0.1, 0.15) is 0 Å². The molecule has 1 unspecified atom stereocenters. The maximum Gasteiger partial charge on any atom is 0.269 e. The van der Waals surface area contributed by atoms with Gasteiger partial charge in [0.15, 0.2) is 0 Å². The molecule has 0 radical (unpaired) electrons. The van der Waals surface area contributed by atoms with Gasteiger partial charge in [-0.1, -0.05) is 12.2 Å². The van der Waals surface area contributed by atoms with Crippen molar-refractivity contribution in [1.82, 2.24) is 0 Å². The minimum atomic E-state index is -0.443. The lowest BCUT2D eigenvalue weighted by Crippen LogP contribution is -2.15. The van der Waals surface area contributed by atoms with Gasteiger partial charge in [0.05, 0.1) is 4.92 Å². The van der Waals surface area contributed by atoms with Gasteiger partial charge in [-0.05, 0) is 49.7 Å². The summed E-state index contributed by atoms with van der Waals surface area (Å²) in [5, 5.41) is 13.5. The SMILES string of the molecule is O=C(Nc1ccc([N+](=O)[O-])cc1)C1[C@H]2CCC=CCC[C@@H]12. The average molecular weight is 286 g/mol. The number of hydrogen-bond acceptors (Lipinski definition) is 3. The predicted octanol–water partition coefficient (Wildman–Crippen LogP) is 3.53. The number of anilines is 1. The molecule has 2 aliphatic rings. The second-order valence-corrected chi connectivity index (χ2v) is 5.77. The molecule has 1 saturated carbocycles. The highest BCUT2D eigenvalue weighted by molar-refractivity contribution is 5.95. The second kappa shape index (κ2) is 5.68. The Balaban J connectivity index is 1.61. The molecule has 0 spiro atoms. The van der Waals surface area contributed by atoms with Crippen LogP contribution in [0.3, 0.4) is 0 Å². The van der Waals surface area contributed by atoms with E-state index >= 15 is 0 Å². The van der Waals surface area contributed by atoms with Crippen molar-refractivity contribution in [2.45, 2.75) is 25.7 Å². The highest BCUT2D eigenvalue weighted by atomic mass is 16.6. The van der Waals surface area contributed by atoms with E-state index in [2.05, 4.69) is 17.5 Å². The zero-order chi connectivity index (χ0) is 14.8. The molecule has 0 aliphatic heterocycles. The smallest absolute Gasteiger partial charge is 0.269 e. The zero-order valence-corrected chi connectivity index (χ0v) is 11.7. The molecule has 2 aliphatic carbocycles. The number of nitro benzene ring substituents is 1. The molecule has 0 saturated heterocycles. The molecule has 5 nitrogen and oxygen atoms in total. The molecule has 0 bridgehead atoms. The van der Waals surface area contributed by atoms with Crippen LogP contribution in [0.5, 0.6) is 0 Å². The van der Waals surface area contributed by atoms with E-state index in [1.54, 1.807) is 12.1 Å². The van der Waals surface area contributed by atoms with E-state index in [0.29, 0.717) is 17.5 Å². The topological polar surface area (TPSA) is 72.2 Å². The maximum absolute atomic E-state index is 12.3. The van der Waals surface area contributed by atoms with Crippen LogP contribution >= 0.6 is 0 Å². The predicted molar refractivity (Wildman–Crippen MR) is 79.8 cm³/mol. The summed E-state index contributed by atoms with van der Waals surface area (Å²) in [5.41, 5.74) is 0.662. The number of amides is 1. The normalized spacial score (nSPS) is 27.1. The standard InChI is InChI=1S/C16H18N2O3/c19-16(15-13-5-3-1-2-4-6-14(13)15)17-11-7-9-12(10-8-11)18(20)21/h1-2,7-10,13-15H,3-6H2,(H,17,19)/t13-,14+,15?. The molecule has 5 heteroatoms. The Hall–Kier alpha value is -2.17. The van der Waals surface area contributed by atoms with Crippen LogP contribution < -0.4 is 5.32 Å². The first kappa shape index (κ1) is 13.8. The third kappa shape index (κ3) is 2.96. The molecular weight excluding hydrogens is 268 g/mol. The Bertz CT molecular complexity index is 564. The van der Waals surface area contributed by atoms with Crippen LogP contribution in [0, 0.1) is 27.9 Å². The van der Waals surface area contributed by atoms with Crippen molar-refractivity contribution < 1.29 is 9.72 Å². The summed E-state index contributed by atoms with van der Waals surface area (Å²) in [6, 6.07) is 6.00. The Morgan fingerprint density at radius 2 is 1.67 bits per heavy atom. The summed E-state index contributed by atoms with van der Waals surface area (Å²) in [6.45, 7) is 0. The third-order valence-corrected chi connectivity index (χ3v) is 4.48. The van der Waals surface area contributed by atoms with E-state index in [1.165, 1.54) is 12.1 Å². The summed E-state index contributed by atoms with van der Waals surface area (Å²) in [7, 11) is 0. The lowest BCUT2D eigenvalue weighted by atomic mass is 10.1. The van der Waals surface area contributed by atoms with E-state index in [4.69, 9.17) is 0 Å². The Morgan fingerprint density at radius 3 is 2.19 bits per heavy atom. The van der Waals surface area contributed by atoms with Crippen LogP contribution in [0.1, 0.15) is 25.7 Å². The van der Waals surface area contributed by atoms with Gasteiger partial charge in [-0.3, -0.25) is 14.9 Å². The number of non-ortho nitro benzene ring substituents is 1.